The summed E-state index contributed by atoms with van der Waals surface area (Å²) in [7, 11) is -3.89. The van der Waals surface area contributed by atoms with Crippen molar-refractivity contribution in [2.24, 2.45) is 5.92 Å². The van der Waals surface area contributed by atoms with Crippen LogP contribution in [0.5, 0.6) is 0 Å². The minimum atomic E-state index is -3.89. The molecule has 3 N–H and O–H groups in total. The number of halogens is 2. The number of anilines is 1. The molecule has 0 bridgehead atoms. The molecule has 1 amide bonds. The summed E-state index contributed by atoms with van der Waals surface area (Å²) in [6.07, 6.45) is 4.52. The summed E-state index contributed by atoms with van der Waals surface area (Å²) in [5.74, 6) is -1.71. The van der Waals surface area contributed by atoms with Gasteiger partial charge in [0.05, 0.1) is 39.9 Å². The molecule has 0 saturated heterocycles. The Bertz CT molecular complexity index is 1580. The molecule has 9 nitrogen and oxygen atoms in total. The van der Waals surface area contributed by atoms with Crippen LogP contribution in [-0.2, 0) is 14.6 Å². The number of aromatic nitrogens is 3. The fraction of sp³-hybridized carbons (Fsp3) is 0.357. The SMILES string of the molecule is CCNC(=O)C1CCCC(Nc2nc(C3=CC(S(=O)(=O)c4ccc(C)cc4)c4ncc(Cl)cc43)ncc2F)C1O. The Morgan fingerprint density at radius 1 is 1.18 bits per heavy atom. The lowest BCUT2D eigenvalue weighted by atomic mass is 9.82. The second-order valence-electron chi connectivity index (χ2n) is 10.0. The summed E-state index contributed by atoms with van der Waals surface area (Å²) in [5.41, 5.74) is 1.97. The van der Waals surface area contributed by atoms with E-state index in [0.29, 0.717) is 42.0 Å². The van der Waals surface area contributed by atoms with Gasteiger partial charge in [0.2, 0.25) is 5.91 Å². The average molecular weight is 586 g/mol. The normalized spacial score (nSPS) is 22.4. The molecule has 1 fully saturated rings. The van der Waals surface area contributed by atoms with Crippen LogP contribution in [0.3, 0.4) is 0 Å². The summed E-state index contributed by atoms with van der Waals surface area (Å²) < 4.78 is 42.2. The number of sulfone groups is 1. The fourth-order valence-corrected chi connectivity index (χ4v) is 6.98. The van der Waals surface area contributed by atoms with Gasteiger partial charge in [0.1, 0.15) is 5.25 Å². The number of rotatable bonds is 7. The zero-order valence-corrected chi connectivity index (χ0v) is 23.5. The predicted octanol–water partition coefficient (Wildman–Crippen LogP) is 4.01. The molecule has 2 aromatic heterocycles. The molecule has 210 valence electrons. The van der Waals surface area contributed by atoms with Gasteiger partial charge in [-0.05, 0) is 51.0 Å². The van der Waals surface area contributed by atoms with Crippen LogP contribution in [0.15, 0.2) is 53.7 Å². The Hall–Kier alpha value is -3.41. The molecule has 4 unspecified atom stereocenters. The van der Waals surface area contributed by atoms with E-state index >= 15 is 0 Å². The van der Waals surface area contributed by atoms with Crippen LogP contribution in [0.25, 0.3) is 5.57 Å². The van der Waals surface area contributed by atoms with Gasteiger partial charge < -0.3 is 15.7 Å². The number of aryl methyl sites for hydroxylation is 1. The van der Waals surface area contributed by atoms with Gasteiger partial charge in [-0.15, -0.1) is 0 Å². The number of nitrogens with one attached hydrogen (secondary N) is 2. The van der Waals surface area contributed by atoms with E-state index in [1.165, 1.54) is 12.3 Å². The molecule has 5 rings (SSSR count). The van der Waals surface area contributed by atoms with E-state index in [0.717, 1.165) is 11.8 Å². The number of carbonyl (C=O) groups excluding carboxylic acids is 1. The number of carbonyl (C=O) groups is 1. The van der Waals surface area contributed by atoms with Crippen LogP contribution >= 0.6 is 11.6 Å². The molecule has 0 spiro atoms. The van der Waals surface area contributed by atoms with Crippen LogP contribution in [0, 0.1) is 18.7 Å². The Kier molecular flexibility index (Phi) is 7.89. The van der Waals surface area contributed by atoms with Crippen LogP contribution in [0.2, 0.25) is 5.02 Å². The number of benzene rings is 1. The molecule has 0 aliphatic heterocycles. The van der Waals surface area contributed by atoms with Crippen molar-refractivity contribution in [3.63, 3.8) is 0 Å². The summed E-state index contributed by atoms with van der Waals surface area (Å²) >= 11 is 6.22. The maximum atomic E-state index is 14.9. The van der Waals surface area contributed by atoms with Crippen molar-refractivity contribution in [1.29, 1.82) is 0 Å². The van der Waals surface area contributed by atoms with Gasteiger partial charge >= 0.3 is 0 Å². The minimum Gasteiger partial charge on any atom is -0.390 e. The smallest absolute Gasteiger partial charge is 0.225 e. The highest BCUT2D eigenvalue weighted by atomic mass is 35.5. The highest BCUT2D eigenvalue weighted by Crippen LogP contribution is 2.43. The number of aliphatic hydroxyl groups is 1. The van der Waals surface area contributed by atoms with Gasteiger partial charge in [-0.3, -0.25) is 9.78 Å². The number of pyridine rings is 1. The van der Waals surface area contributed by atoms with Gasteiger partial charge in [0, 0.05) is 23.9 Å². The third kappa shape index (κ3) is 5.33. The summed E-state index contributed by atoms with van der Waals surface area (Å²) in [6, 6.07) is 7.51. The molecule has 2 aliphatic carbocycles. The Morgan fingerprint density at radius 2 is 1.93 bits per heavy atom. The van der Waals surface area contributed by atoms with Crippen LogP contribution in [0.4, 0.5) is 10.2 Å². The maximum Gasteiger partial charge on any atom is 0.225 e. The molecule has 1 aromatic carbocycles. The second kappa shape index (κ2) is 11.2. The molecule has 1 saturated carbocycles. The Labute approximate surface area is 236 Å². The van der Waals surface area contributed by atoms with E-state index in [2.05, 4.69) is 25.6 Å². The van der Waals surface area contributed by atoms with E-state index in [4.69, 9.17) is 11.6 Å². The highest BCUT2D eigenvalue weighted by molar-refractivity contribution is 7.91. The van der Waals surface area contributed by atoms with Crippen molar-refractivity contribution in [3.05, 3.63) is 82.3 Å². The zero-order valence-electron chi connectivity index (χ0n) is 21.9. The van der Waals surface area contributed by atoms with E-state index in [-0.39, 0.29) is 28.1 Å². The van der Waals surface area contributed by atoms with Crippen molar-refractivity contribution in [3.8, 4) is 0 Å². The Morgan fingerprint density at radius 3 is 2.65 bits per heavy atom. The lowest BCUT2D eigenvalue weighted by Gasteiger charge is -2.34. The van der Waals surface area contributed by atoms with Crippen molar-refractivity contribution in [2.75, 3.05) is 11.9 Å². The monoisotopic (exact) mass is 585 g/mol. The van der Waals surface area contributed by atoms with Gasteiger partial charge in [-0.2, -0.15) is 0 Å². The quantitative estimate of drug-likeness (QED) is 0.379. The highest BCUT2D eigenvalue weighted by Gasteiger charge is 2.39. The first-order chi connectivity index (χ1) is 19.1. The maximum absolute atomic E-state index is 14.9. The van der Waals surface area contributed by atoms with Gasteiger partial charge in [-0.25, -0.2) is 22.8 Å². The van der Waals surface area contributed by atoms with Crippen molar-refractivity contribution in [1.82, 2.24) is 20.3 Å². The third-order valence-corrected chi connectivity index (χ3v) is 9.46. The molecule has 0 radical (unpaired) electrons. The number of amides is 1. The third-order valence-electron chi connectivity index (χ3n) is 7.30. The van der Waals surface area contributed by atoms with Crippen molar-refractivity contribution >= 4 is 38.7 Å². The first-order valence-corrected chi connectivity index (χ1v) is 15.0. The van der Waals surface area contributed by atoms with E-state index in [1.54, 1.807) is 37.3 Å². The van der Waals surface area contributed by atoms with Crippen LogP contribution in [0.1, 0.15) is 54.1 Å². The number of fused-ring (bicyclic) bond motifs is 1. The van der Waals surface area contributed by atoms with E-state index in [9.17, 15) is 22.7 Å². The summed E-state index contributed by atoms with van der Waals surface area (Å²) in [5, 5.41) is 15.7. The van der Waals surface area contributed by atoms with Gasteiger partial charge in [0.25, 0.3) is 0 Å². The number of aliphatic hydroxyl groups excluding tert-OH is 1. The van der Waals surface area contributed by atoms with Crippen molar-refractivity contribution in [2.45, 2.75) is 55.4 Å². The van der Waals surface area contributed by atoms with E-state index in [1.807, 2.05) is 6.92 Å². The number of hydrogen-bond acceptors (Lipinski definition) is 8. The molecular weight excluding hydrogens is 557 g/mol. The molecule has 4 atom stereocenters. The molecule has 2 heterocycles. The standard InChI is InChI=1S/C28H29ClFN5O4S/c1-3-31-28(37)18-5-4-6-22(25(18)36)34-27-21(30)14-33-26(35-27)20-12-23(24-19(20)11-16(29)13-32-24)40(38,39)17-9-7-15(2)8-10-17/h7-14,18,22-23,25,36H,3-6H2,1-2H3,(H,31,37)(H,33,34,35). The largest absolute Gasteiger partial charge is 0.390 e. The predicted molar refractivity (Wildman–Crippen MR) is 149 cm³/mol. The molecule has 2 aliphatic rings. The van der Waals surface area contributed by atoms with Crippen LogP contribution < -0.4 is 10.6 Å². The van der Waals surface area contributed by atoms with Gasteiger partial charge in [-0.1, -0.05) is 35.7 Å². The number of hydrogen-bond donors (Lipinski definition) is 3. The molecule has 12 heteroatoms. The lowest BCUT2D eigenvalue weighted by molar-refractivity contribution is -0.130. The second-order valence-corrected chi connectivity index (χ2v) is 12.5. The molecule has 3 aromatic rings. The summed E-state index contributed by atoms with van der Waals surface area (Å²) in [4.78, 5) is 25.4. The minimum absolute atomic E-state index is 0.0707. The van der Waals surface area contributed by atoms with Crippen LogP contribution in [-0.4, -0.2) is 53.1 Å². The van der Waals surface area contributed by atoms with E-state index < -0.39 is 39.0 Å². The molecule has 40 heavy (non-hydrogen) atoms. The van der Waals surface area contributed by atoms with Crippen molar-refractivity contribution < 1.29 is 22.7 Å². The number of nitrogens with zero attached hydrogens (tertiary/aromatic N) is 3. The first-order valence-electron chi connectivity index (χ1n) is 13.0. The fourth-order valence-electron chi connectivity index (χ4n) is 5.22. The topological polar surface area (TPSA) is 134 Å². The Balaban J connectivity index is 1.50. The molecular formula is C28H29ClFN5O4S. The van der Waals surface area contributed by atoms with Gasteiger partial charge in [0.15, 0.2) is 27.3 Å². The zero-order chi connectivity index (χ0) is 28.6. The summed E-state index contributed by atoms with van der Waals surface area (Å²) in [6.45, 7) is 4.11. The first kappa shape index (κ1) is 28.1. The average Bonchev–Trinajstić information content (AvgIpc) is 3.31. The lowest BCUT2D eigenvalue weighted by Crippen LogP contribution is -2.48.